The highest BCUT2D eigenvalue weighted by Crippen LogP contribution is 2.33. The van der Waals surface area contributed by atoms with E-state index in [0.717, 1.165) is 27.8 Å². The predicted molar refractivity (Wildman–Crippen MR) is 132 cm³/mol. The quantitative estimate of drug-likeness (QED) is 0.328. The topological polar surface area (TPSA) is 73.3 Å². The normalized spacial score (nSPS) is 10.6. The zero-order valence-corrected chi connectivity index (χ0v) is 18.4. The lowest BCUT2D eigenvalue weighted by Gasteiger charge is -2.11. The number of aromatic nitrogens is 2. The van der Waals surface area contributed by atoms with Crippen molar-refractivity contribution in [2.24, 2.45) is 0 Å². The minimum atomic E-state index is -0.166. The second-order valence-electron chi connectivity index (χ2n) is 7.57. The first-order valence-electron chi connectivity index (χ1n) is 10.8. The van der Waals surface area contributed by atoms with Gasteiger partial charge in [0.05, 0.1) is 7.11 Å². The molecular weight excluding hydrogens is 426 g/mol. The summed E-state index contributed by atoms with van der Waals surface area (Å²) < 4.78 is 11.3. The van der Waals surface area contributed by atoms with Gasteiger partial charge in [-0.25, -0.2) is 0 Å². The van der Waals surface area contributed by atoms with Gasteiger partial charge in [0.2, 0.25) is 5.88 Å². The molecule has 0 atom stereocenters. The van der Waals surface area contributed by atoms with Crippen molar-refractivity contribution in [1.82, 2.24) is 10.2 Å². The number of anilines is 1. The van der Waals surface area contributed by atoms with Crippen LogP contribution >= 0.6 is 0 Å². The van der Waals surface area contributed by atoms with Crippen LogP contribution < -0.4 is 14.8 Å². The summed E-state index contributed by atoms with van der Waals surface area (Å²) in [6, 6.07) is 31.8. The van der Waals surface area contributed by atoms with Gasteiger partial charge in [-0.15, -0.1) is 10.2 Å². The van der Waals surface area contributed by atoms with Gasteiger partial charge in [-0.05, 0) is 66.7 Å². The Labute approximate surface area is 196 Å². The molecule has 166 valence electrons. The summed E-state index contributed by atoms with van der Waals surface area (Å²) >= 11 is 0. The molecule has 1 N–H and O–H groups in total. The zero-order valence-electron chi connectivity index (χ0n) is 18.4. The third kappa shape index (κ3) is 4.42. The van der Waals surface area contributed by atoms with Crippen molar-refractivity contribution in [2.75, 3.05) is 12.4 Å². The van der Waals surface area contributed by atoms with Gasteiger partial charge in [0.1, 0.15) is 17.2 Å². The number of methoxy groups -OCH3 is 1. The molecule has 0 aliphatic rings. The molecular formula is C28H21N3O3. The van der Waals surface area contributed by atoms with E-state index in [0.29, 0.717) is 22.9 Å². The molecule has 5 rings (SSSR count). The molecule has 0 bridgehead atoms. The number of nitrogens with zero attached hydrogens (tertiary/aromatic N) is 2. The number of carbonyl (C=O) groups excluding carboxylic acids is 1. The molecule has 0 radical (unpaired) electrons. The summed E-state index contributed by atoms with van der Waals surface area (Å²) in [5.74, 6) is 1.62. The van der Waals surface area contributed by atoms with Crippen LogP contribution in [0.15, 0.2) is 103 Å². The average molecular weight is 447 g/mol. The Morgan fingerprint density at radius 2 is 1.35 bits per heavy atom. The number of fused-ring (bicyclic) bond motifs is 1. The van der Waals surface area contributed by atoms with Gasteiger partial charge in [0.15, 0.2) is 0 Å². The monoisotopic (exact) mass is 447 g/mol. The highest BCUT2D eigenvalue weighted by molar-refractivity contribution is 6.04. The Hall–Kier alpha value is -4.71. The van der Waals surface area contributed by atoms with Crippen molar-refractivity contribution < 1.29 is 14.3 Å². The minimum absolute atomic E-state index is 0.166. The van der Waals surface area contributed by atoms with Gasteiger partial charge in [0.25, 0.3) is 5.91 Å². The van der Waals surface area contributed by atoms with Gasteiger partial charge in [-0.2, -0.15) is 0 Å². The fourth-order valence-corrected chi connectivity index (χ4v) is 3.63. The summed E-state index contributed by atoms with van der Waals surface area (Å²) in [5, 5.41) is 13.5. The van der Waals surface area contributed by atoms with Crippen LogP contribution in [-0.2, 0) is 0 Å². The van der Waals surface area contributed by atoms with E-state index in [2.05, 4.69) is 15.5 Å². The van der Waals surface area contributed by atoms with Gasteiger partial charge < -0.3 is 14.8 Å². The average Bonchev–Trinajstić information content (AvgIpc) is 2.90. The Morgan fingerprint density at radius 1 is 0.706 bits per heavy atom. The summed E-state index contributed by atoms with van der Waals surface area (Å²) in [6.07, 6.45) is 0. The Kier molecular flexibility index (Phi) is 5.86. The highest BCUT2D eigenvalue weighted by atomic mass is 16.5. The molecule has 5 aromatic rings. The molecule has 34 heavy (non-hydrogen) atoms. The fourth-order valence-electron chi connectivity index (χ4n) is 3.63. The first kappa shape index (κ1) is 21.2. The van der Waals surface area contributed by atoms with E-state index in [9.17, 15) is 4.79 Å². The van der Waals surface area contributed by atoms with Crippen molar-refractivity contribution in [2.45, 2.75) is 0 Å². The van der Waals surface area contributed by atoms with Crippen molar-refractivity contribution in [1.29, 1.82) is 0 Å². The first-order chi connectivity index (χ1) is 16.7. The largest absolute Gasteiger partial charge is 0.497 e. The molecule has 1 aromatic heterocycles. The Morgan fingerprint density at radius 3 is 2.06 bits per heavy atom. The van der Waals surface area contributed by atoms with Crippen molar-refractivity contribution in [3.8, 4) is 28.6 Å². The van der Waals surface area contributed by atoms with Gasteiger partial charge in [0, 0.05) is 27.6 Å². The number of ether oxygens (including phenoxy) is 2. The molecule has 0 saturated carbocycles. The molecule has 0 saturated heterocycles. The van der Waals surface area contributed by atoms with Crippen LogP contribution in [0.5, 0.6) is 17.4 Å². The Balaban J connectivity index is 1.38. The van der Waals surface area contributed by atoms with Gasteiger partial charge in [-0.1, -0.05) is 36.4 Å². The number of benzene rings is 4. The molecule has 4 aromatic carbocycles. The maximum Gasteiger partial charge on any atom is 0.255 e. The zero-order chi connectivity index (χ0) is 23.3. The molecule has 6 heteroatoms. The van der Waals surface area contributed by atoms with Crippen molar-refractivity contribution >= 4 is 22.4 Å². The number of amides is 1. The van der Waals surface area contributed by atoms with E-state index in [4.69, 9.17) is 9.47 Å². The summed E-state index contributed by atoms with van der Waals surface area (Å²) in [5.41, 5.74) is 2.98. The van der Waals surface area contributed by atoms with Crippen LogP contribution in [0, 0.1) is 0 Å². The lowest BCUT2D eigenvalue weighted by molar-refractivity contribution is 0.102. The minimum Gasteiger partial charge on any atom is -0.497 e. The molecule has 0 aliphatic heterocycles. The van der Waals surface area contributed by atoms with E-state index in [-0.39, 0.29) is 5.91 Å². The number of rotatable bonds is 6. The molecule has 0 fully saturated rings. The molecule has 0 unspecified atom stereocenters. The van der Waals surface area contributed by atoms with Crippen LogP contribution in [0.2, 0.25) is 0 Å². The molecule has 1 amide bonds. The summed E-state index contributed by atoms with van der Waals surface area (Å²) in [6.45, 7) is 0. The Bertz CT molecular complexity index is 1430. The number of hydrogen-bond donors (Lipinski definition) is 1. The van der Waals surface area contributed by atoms with E-state index in [1.807, 2.05) is 66.7 Å². The smallest absolute Gasteiger partial charge is 0.255 e. The van der Waals surface area contributed by atoms with Crippen LogP contribution in [0.4, 0.5) is 5.69 Å². The van der Waals surface area contributed by atoms with E-state index < -0.39 is 0 Å². The standard InChI is InChI=1S/C28H21N3O3/c1-33-22-15-11-19(12-16-22)26-24-9-5-6-10-25(24)28(31-30-26)34-23-17-13-21(14-18-23)29-27(32)20-7-3-2-4-8-20/h2-18H,1H3,(H,29,32). The van der Waals surface area contributed by atoms with Gasteiger partial charge >= 0.3 is 0 Å². The molecule has 6 nitrogen and oxygen atoms in total. The molecule has 0 aliphatic carbocycles. The lowest BCUT2D eigenvalue weighted by Crippen LogP contribution is -2.11. The van der Waals surface area contributed by atoms with Gasteiger partial charge in [-0.3, -0.25) is 4.79 Å². The highest BCUT2D eigenvalue weighted by Gasteiger charge is 2.13. The van der Waals surface area contributed by atoms with E-state index >= 15 is 0 Å². The van der Waals surface area contributed by atoms with E-state index in [1.54, 1.807) is 43.5 Å². The van der Waals surface area contributed by atoms with Crippen LogP contribution in [0.25, 0.3) is 22.0 Å². The molecule has 1 heterocycles. The second kappa shape index (κ2) is 9.42. The number of hydrogen-bond acceptors (Lipinski definition) is 5. The SMILES string of the molecule is COc1ccc(-c2nnc(Oc3ccc(NC(=O)c4ccccc4)cc3)c3ccccc23)cc1. The van der Waals surface area contributed by atoms with Crippen molar-refractivity contribution in [3.63, 3.8) is 0 Å². The fraction of sp³-hybridized carbons (Fsp3) is 0.0357. The maximum atomic E-state index is 12.4. The maximum absolute atomic E-state index is 12.4. The second-order valence-corrected chi connectivity index (χ2v) is 7.57. The molecule has 0 spiro atoms. The van der Waals surface area contributed by atoms with Crippen LogP contribution in [-0.4, -0.2) is 23.2 Å². The number of nitrogens with one attached hydrogen (secondary N) is 1. The summed E-state index contributed by atoms with van der Waals surface area (Å²) in [4.78, 5) is 12.4. The predicted octanol–water partition coefficient (Wildman–Crippen LogP) is 6.35. The van der Waals surface area contributed by atoms with E-state index in [1.165, 1.54) is 0 Å². The first-order valence-corrected chi connectivity index (χ1v) is 10.8. The number of carbonyl (C=O) groups is 1. The third-order valence-electron chi connectivity index (χ3n) is 5.38. The van der Waals surface area contributed by atoms with Crippen LogP contribution in [0.3, 0.4) is 0 Å². The van der Waals surface area contributed by atoms with Crippen LogP contribution in [0.1, 0.15) is 10.4 Å². The lowest BCUT2D eigenvalue weighted by atomic mass is 10.0. The van der Waals surface area contributed by atoms with Crippen molar-refractivity contribution in [3.05, 3.63) is 109 Å². The third-order valence-corrected chi connectivity index (χ3v) is 5.38. The summed E-state index contributed by atoms with van der Waals surface area (Å²) in [7, 11) is 1.64.